The van der Waals surface area contributed by atoms with Crippen LogP contribution in [-0.2, 0) is 9.59 Å². The minimum atomic E-state index is -0.872. The van der Waals surface area contributed by atoms with Crippen LogP contribution >= 0.6 is 11.6 Å². The fourth-order valence-corrected chi connectivity index (χ4v) is 2.75. The lowest BCUT2D eigenvalue weighted by atomic mass is 10.1. The van der Waals surface area contributed by atoms with Gasteiger partial charge in [0.05, 0.1) is 23.7 Å². The molecular weight excluding hydrogens is 348 g/mol. The Labute approximate surface area is 150 Å². The molecule has 0 bridgehead atoms. The summed E-state index contributed by atoms with van der Waals surface area (Å²) >= 11 is 6.11. The third-order valence-electron chi connectivity index (χ3n) is 3.75. The van der Waals surface area contributed by atoms with E-state index in [-0.39, 0.29) is 18.2 Å². The van der Waals surface area contributed by atoms with Gasteiger partial charge in [-0.25, -0.2) is 4.79 Å². The van der Waals surface area contributed by atoms with Gasteiger partial charge in [-0.3, -0.25) is 9.59 Å². The lowest BCUT2D eigenvalue weighted by Crippen LogP contribution is -2.59. The van der Waals surface area contributed by atoms with Gasteiger partial charge in [-0.1, -0.05) is 17.7 Å². The lowest BCUT2D eigenvalue weighted by molar-refractivity contribution is -0.132. The molecule has 3 N–H and O–H groups in total. The summed E-state index contributed by atoms with van der Waals surface area (Å²) in [5.74, 6) is -0.317. The van der Waals surface area contributed by atoms with Crippen molar-refractivity contribution in [3.8, 4) is 5.75 Å². The maximum Gasteiger partial charge on any atom is 0.322 e. The third-order valence-corrected chi connectivity index (χ3v) is 4.04. The van der Waals surface area contributed by atoms with Crippen LogP contribution in [0.3, 0.4) is 0 Å². The Morgan fingerprint density at radius 1 is 1.44 bits per heavy atom. The highest BCUT2D eigenvalue weighted by molar-refractivity contribution is 6.32. The maximum absolute atomic E-state index is 12.7. The second kappa shape index (κ2) is 8.57. The van der Waals surface area contributed by atoms with Gasteiger partial charge in [0.15, 0.2) is 5.75 Å². The second-order valence-corrected chi connectivity index (χ2v) is 5.76. The monoisotopic (exact) mass is 368 g/mol. The van der Waals surface area contributed by atoms with Crippen molar-refractivity contribution in [3.63, 3.8) is 0 Å². The van der Waals surface area contributed by atoms with Crippen LogP contribution in [0.15, 0.2) is 18.2 Å². The van der Waals surface area contributed by atoms with E-state index in [4.69, 9.17) is 16.3 Å². The van der Waals surface area contributed by atoms with Gasteiger partial charge in [0.2, 0.25) is 11.8 Å². The second-order valence-electron chi connectivity index (χ2n) is 5.36. The van der Waals surface area contributed by atoms with E-state index in [0.717, 1.165) is 0 Å². The lowest BCUT2D eigenvalue weighted by Gasteiger charge is -2.34. The normalized spacial score (nSPS) is 16.8. The van der Waals surface area contributed by atoms with Gasteiger partial charge in [0.25, 0.3) is 0 Å². The van der Waals surface area contributed by atoms with E-state index in [0.29, 0.717) is 36.2 Å². The number of halogens is 1. The predicted molar refractivity (Wildman–Crippen MR) is 93.8 cm³/mol. The van der Waals surface area contributed by atoms with Gasteiger partial charge in [0, 0.05) is 20.1 Å². The van der Waals surface area contributed by atoms with E-state index in [1.807, 2.05) is 6.92 Å². The number of carbonyl (C=O) groups is 3. The zero-order valence-electron chi connectivity index (χ0n) is 14.1. The first-order valence-electron chi connectivity index (χ1n) is 7.95. The third kappa shape index (κ3) is 4.54. The van der Waals surface area contributed by atoms with Crippen molar-refractivity contribution >= 4 is 35.1 Å². The van der Waals surface area contributed by atoms with Gasteiger partial charge in [-0.05, 0) is 19.1 Å². The summed E-state index contributed by atoms with van der Waals surface area (Å²) < 4.78 is 5.48. The van der Waals surface area contributed by atoms with Crippen molar-refractivity contribution in [2.24, 2.45) is 0 Å². The Kier molecular flexibility index (Phi) is 6.46. The van der Waals surface area contributed by atoms with E-state index < -0.39 is 12.1 Å². The first-order chi connectivity index (χ1) is 12.0. The highest BCUT2D eigenvalue weighted by atomic mass is 35.5. The van der Waals surface area contributed by atoms with Crippen LogP contribution in [0.25, 0.3) is 0 Å². The average molecular weight is 369 g/mol. The number of rotatable bonds is 5. The molecule has 0 unspecified atom stereocenters. The molecule has 1 atom stereocenters. The van der Waals surface area contributed by atoms with Crippen molar-refractivity contribution in [3.05, 3.63) is 23.2 Å². The highest BCUT2D eigenvalue weighted by Crippen LogP contribution is 2.33. The van der Waals surface area contributed by atoms with E-state index in [9.17, 15) is 14.4 Å². The number of ether oxygens (including phenoxy) is 1. The first-order valence-corrected chi connectivity index (χ1v) is 8.33. The summed E-state index contributed by atoms with van der Waals surface area (Å²) in [7, 11) is 1.48. The summed E-state index contributed by atoms with van der Waals surface area (Å²) in [5, 5.41) is 8.21. The molecule has 0 saturated carbocycles. The summed E-state index contributed by atoms with van der Waals surface area (Å²) in [5.41, 5.74) is 0.407. The number of nitrogens with zero attached hydrogens (tertiary/aromatic N) is 1. The number of piperazine rings is 1. The summed E-state index contributed by atoms with van der Waals surface area (Å²) in [6, 6.07) is 3.64. The smallest absolute Gasteiger partial charge is 0.322 e. The minimum Gasteiger partial charge on any atom is -0.490 e. The number of hydrogen-bond acceptors (Lipinski definition) is 4. The number of benzene rings is 1. The van der Waals surface area contributed by atoms with Crippen LogP contribution < -0.4 is 20.7 Å². The molecule has 9 heteroatoms. The molecule has 136 valence electrons. The molecule has 4 amide bonds. The fourth-order valence-electron chi connectivity index (χ4n) is 2.52. The SMILES string of the molecule is CCOc1c(Cl)cccc1NC(=O)N1CCNC(=O)[C@H]1CC(=O)NC. The van der Waals surface area contributed by atoms with Crippen molar-refractivity contribution in [1.29, 1.82) is 0 Å². The Hall–Kier alpha value is -2.48. The molecule has 2 rings (SSSR count). The number of hydrogen-bond donors (Lipinski definition) is 3. The molecule has 0 aliphatic carbocycles. The van der Waals surface area contributed by atoms with Crippen LogP contribution in [-0.4, -0.2) is 55.5 Å². The van der Waals surface area contributed by atoms with Crippen LogP contribution in [0.5, 0.6) is 5.75 Å². The highest BCUT2D eigenvalue weighted by Gasteiger charge is 2.34. The molecule has 1 fully saturated rings. The van der Waals surface area contributed by atoms with Crippen molar-refractivity contribution in [2.45, 2.75) is 19.4 Å². The number of nitrogens with one attached hydrogen (secondary N) is 3. The van der Waals surface area contributed by atoms with E-state index in [1.165, 1.54) is 11.9 Å². The Balaban J connectivity index is 2.19. The van der Waals surface area contributed by atoms with Crippen LogP contribution in [0.4, 0.5) is 10.5 Å². The van der Waals surface area contributed by atoms with Crippen LogP contribution in [0.1, 0.15) is 13.3 Å². The molecule has 1 aromatic carbocycles. The number of para-hydroxylation sites is 1. The Morgan fingerprint density at radius 3 is 2.88 bits per heavy atom. The summed E-state index contributed by atoms with van der Waals surface area (Å²) in [6.45, 7) is 2.81. The number of carbonyl (C=O) groups excluding carboxylic acids is 3. The maximum atomic E-state index is 12.7. The van der Waals surface area contributed by atoms with E-state index in [1.54, 1.807) is 18.2 Å². The van der Waals surface area contributed by atoms with E-state index >= 15 is 0 Å². The van der Waals surface area contributed by atoms with Gasteiger partial charge in [0.1, 0.15) is 6.04 Å². The molecule has 1 aliphatic heterocycles. The van der Waals surface area contributed by atoms with Gasteiger partial charge in [-0.2, -0.15) is 0 Å². The minimum absolute atomic E-state index is 0.108. The Bertz CT molecular complexity index is 668. The summed E-state index contributed by atoms with van der Waals surface area (Å²) in [4.78, 5) is 37.7. The summed E-state index contributed by atoms with van der Waals surface area (Å²) in [6.07, 6.45) is -0.108. The quantitative estimate of drug-likeness (QED) is 0.727. The topological polar surface area (TPSA) is 99.8 Å². The Morgan fingerprint density at radius 2 is 2.20 bits per heavy atom. The number of urea groups is 1. The van der Waals surface area contributed by atoms with Crippen LogP contribution in [0.2, 0.25) is 5.02 Å². The molecule has 25 heavy (non-hydrogen) atoms. The molecule has 1 aromatic rings. The number of amides is 4. The molecule has 0 radical (unpaired) electrons. The zero-order chi connectivity index (χ0) is 18.4. The molecular formula is C16H21ClN4O4. The molecule has 8 nitrogen and oxygen atoms in total. The largest absolute Gasteiger partial charge is 0.490 e. The molecule has 0 spiro atoms. The molecule has 1 saturated heterocycles. The van der Waals surface area contributed by atoms with Crippen molar-refractivity contribution in [1.82, 2.24) is 15.5 Å². The standard InChI is InChI=1S/C16H21ClN4O4/c1-3-25-14-10(17)5-4-6-11(14)20-16(24)21-8-7-19-15(23)12(21)9-13(22)18-2/h4-6,12H,3,7-9H2,1-2H3,(H,18,22)(H,19,23)(H,20,24)/t12-/m1/s1. The van der Waals surface area contributed by atoms with Crippen LogP contribution in [0, 0.1) is 0 Å². The van der Waals surface area contributed by atoms with Crippen molar-refractivity contribution < 1.29 is 19.1 Å². The number of anilines is 1. The molecule has 1 heterocycles. The fraction of sp³-hybridized carbons (Fsp3) is 0.438. The van der Waals surface area contributed by atoms with E-state index in [2.05, 4.69) is 16.0 Å². The van der Waals surface area contributed by atoms with Gasteiger partial charge < -0.3 is 25.6 Å². The van der Waals surface area contributed by atoms with Gasteiger partial charge >= 0.3 is 6.03 Å². The first kappa shape index (κ1) is 18.9. The average Bonchev–Trinajstić information content (AvgIpc) is 2.59. The van der Waals surface area contributed by atoms with Gasteiger partial charge in [-0.15, -0.1) is 0 Å². The zero-order valence-corrected chi connectivity index (χ0v) is 14.9. The molecule has 1 aliphatic rings. The van der Waals surface area contributed by atoms with Crippen molar-refractivity contribution in [2.75, 3.05) is 32.1 Å². The predicted octanol–water partition coefficient (Wildman–Crippen LogP) is 1.21. The molecule has 0 aromatic heterocycles.